The van der Waals surface area contributed by atoms with Crippen LogP contribution in [0.15, 0.2) is 0 Å². The zero-order valence-electron chi connectivity index (χ0n) is 14.1. The number of nitrogens with zero attached hydrogens (tertiary/aromatic N) is 3. The lowest BCUT2D eigenvalue weighted by atomic mass is 10.2. The monoisotopic (exact) mass is 322 g/mol. The Labute approximate surface area is 139 Å². The molecule has 23 heavy (non-hydrogen) atoms. The minimum atomic E-state index is -0.0214. The molecular formula is C17H30N4O2. The number of carbonyl (C=O) groups excluding carboxylic acids is 2. The highest BCUT2D eigenvalue weighted by Gasteiger charge is 2.26. The van der Waals surface area contributed by atoms with Crippen LogP contribution in [0.5, 0.6) is 0 Å². The lowest BCUT2D eigenvalue weighted by Crippen LogP contribution is -2.52. The number of likely N-dealkylation sites (tertiary alicyclic amines) is 1. The maximum atomic E-state index is 12.0. The number of nitrogens with one attached hydrogen (secondary N) is 1. The van der Waals surface area contributed by atoms with E-state index in [0.29, 0.717) is 6.54 Å². The van der Waals surface area contributed by atoms with E-state index in [1.54, 1.807) is 0 Å². The smallest absolute Gasteiger partial charge is 0.241 e. The minimum Gasteiger partial charge on any atom is -0.346 e. The second kappa shape index (κ2) is 8.11. The number of amides is 2. The first-order valence-electron chi connectivity index (χ1n) is 9.23. The van der Waals surface area contributed by atoms with E-state index in [-0.39, 0.29) is 18.4 Å². The van der Waals surface area contributed by atoms with Crippen LogP contribution in [0.3, 0.4) is 0 Å². The summed E-state index contributed by atoms with van der Waals surface area (Å²) in [6.07, 6.45) is 7.62. The largest absolute Gasteiger partial charge is 0.346 e. The maximum absolute atomic E-state index is 12.0. The molecule has 6 nitrogen and oxygen atoms in total. The molecule has 2 heterocycles. The van der Waals surface area contributed by atoms with Gasteiger partial charge in [0.1, 0.15) is 0 Å². The normalized spacial score (nSPS) is 24.3. The van der Waals surface area contributed by atoms with Crippen molar-refractivity contribution in [2.45, 2.75) is 44.6 Å². The highest BCUT2D eigenvalue weighted by atomic mass is 16.2. The van der Waals surface area contributed by atoms with Crippen LogP contribution in [0, 0.1) is 0 Å². The van der Waals surface area contributed by atoms with Gasteiger partial charge in [-0.3, -0.25) is 19.4 Å². The molecule has 0 unspecified atom stereocenters. The lowest BCUT2D eigenvalue weighted by Gasteiger charge is -2.37. The van der Waals surface area contributed by atoms with Gasteiger partial charge in [0, 0.05) is 45.3 Å². The summed E-state index contributed by atoms with van der Waals surface area (Å²) in [5.74, 6) is 0.0359. The molecule has 2 aliphatic heterocycles. The molecule has 2 saturated heterocycles. The fourth-order valence-corrected chi connectivity index (χ4v) is 4.07. The Morgan fingerprint density at radius 3 is 2.17 bits per heavy atom. The topological polar surface area (TPSA) is 55.9 Å². The lowest BCUT2D eigenvalue weighted by molar-refractivity contribution is -0.132. The minimum absolute atomic E-state index is 0.0214. The van der Waals surface area contributed by atoms with Gasteiger partial charge >= 0.3 is 0 Å². The summed E-state index contributed by atoms with van der Waals surface area (Å²) in [5.41, 5.74) is 0. The van der Waals surface area contributed by atoms with E-state index in [0.717, 1.165) is 58.2 Å². The molecule has 0 aromatic carbocycles. The molecule has 3 fully saturated rings. The molecule has 3 rings (SSSR count). The average Bonchev–Trinajstić information content (AvgIpc) is 3.26. The van der Waals surface area contributed by atoms with E-state index in [2.05, 4.69) is 15.1 Å². The molecule has 0 aromatic rings. The quantitative estimate of drug-likeness (QED) is 0.790. The first-order valence-corrected chi connectivity index (χ1v) is 9.23. The second-order valence-electron chi connectivity index (χ2n) is 7.12. The summed E-state index contributed by atoms with van der Waals surface area (Å²) in [5, 5.41) is 2.79. The maximum Gasteiger partial charge on any atom is 0.241 e. The van der Waals surface area contributed by atoms with Crippen molar-refractivity contribution in [1.29, 1.82) is 0 Å². The third-order valence-electron chi connectivity index (χ3n) is 5.51. The third-order valence-corrected chi connectivity index (χ3v) is 5.51. The van der Waals surface area contributed by atoms with Gasteiger partial charge in [-0.05, 0) is 25.7 Å². The highest BCUT2D eigenvalue weighted by molar-refractivity contribution is 5.85. The third kappa shape index (κ3) is 4.67. The number of hydrogen-bond donors (Lipinski definition) is 1. The fraction of sp³-hybridized carbons (Fsp3) is 0.882. The van der Waals surface area contributed by atoms with Crippen LogP contribution in [-0.4, -0.2) is 84.9 Å². The van der Waals surface area contributed by atoms with Crippen molar-refractivity contribution >= 4 is 11.8 Å². The predicted octanol–water partition coefficient (Wildman–Crippen LogP) is 0.285. The van der Waals surface area contributed by atoms with E-state index >= 15 is 0 Å². The Morgan fingerprint density at radius 2 is 1.52 bits per heavy atom. The Balaban J connectivity index is 1.32. The Morgan fingerprint density at radius 1 is 0.870 bits per heavy atom. The van der Waals surface area contributed by atoms with Gasteiger partial charge in [0.2, 0.25) is 11.8 Å². The number of piperazine rings is 1. The van der Waals surface area contributed by atoms with Gasteiger partial charge in [0.25, 0.3) is 0 Å². The van der Waals surface area contributed by atoms with Crippen molar-refractivity contribution in [2.24, 2.45) is 0 Å². The van der Waals surface area contributed by atoms with Gasteiger partial charge in [-0.25, -0.2) is 0 Å². The first kappa shape index (κ1) is 16.7. The fourth-order valence-electron chi connectivity index (χ4n) is 4.07. The van der Waals surface area contributed by atoms with Crippen LogP contribution in [0.4, 0.5) is 0 Å². The number of hydrogen-bond acceptors (Lipinski definition) is 4. The molecule has 0 bridgehead atoms. The first-order chi connectivity index (χ1) is 11.2. The van der Waals surface area contributed by atoms with E-state index in [4.69, 9.17) is 0 Å². The number of carbonyl (C=O) groups is 2. The van der Waals surface area contributed by atoms with Crippen LogP contribution in [0.1, 0.15) is 38.5 Å². The van der Waals surface area contributed by atoms with Crippen molar-refractivity contribution in [3.8, 4) is 0 Å². The Kier molecular flexibility index (Phi) is 5.89. The van der Waals surface area contributed by atoms with Crippen molar-refractivity contribution < 1.29 is 9.59 Å². The average molecular weight is 322 g/mol. The molecule has 0 atom stereocenters. The van der Waals surface area contributed by atoms with Crippen molar-refractivity contribution in [1.82, 2.24) is 20.0 Å². The molecule has 0 aromatic heterocycles. The van der Waals surface area contributed by atoms with Crippen LogP contribution >= 0.6 is 0 Å². The molecular weight excluding hydrogens is 292 g/mol. The molecule has 3 aliphatic rings. The van der Waals surface area contributed by atoms with E-state index < -0.39 is 0 Å². The van der Waals surface area contributed by atoms with Gasteiger partial charge in [0.05, 0.1) is 13.1 Å². The summed E-state index contributed by atoms with van der Waals surface area (Å²) in [6, 6.07) is 0.782. The molecule has 1 N–H and O–H groups in total. The standard InChI is InChI=1S/C17H30N4O2/c22-16(18-13-17(23)21-7-3-4-8-21)14-19-9-11-20(12-10-19)15-5-1-2-6-15/h15H,1-14H2,(H,18,22). The van der Waals surface area contributed by atoms with Crippen molar-refractivity contribution in [3.63, 3.8) is 0 Å². The van der Waals surface area contributed by atoms with Crippen molar-refractivity contribution in [3.05, 3.63) is 0 Å². The van der Waals surface area contributed by atoms with Gasteiger partial charge < -0.3 is 10.2 Å². The summed E-state index contributed by atoms with van der Waals surface area (Å²) < 4.78 is 0. The highest BCUT2D eigenvalue weighted by Crippen LogP contribution is 2.24. The zero-order chi connectivity index (χ0) is 16.1. The van der Waals surface area contributed by atoms with E-state index in [9.17, 15) is 9.59 Å². The molecule has 130 valence electrons. The summed E-state index contributed by atoms with van der Waals surface area (Å²) in [4.78, 5) is 30.6. The van der Waals surface area contributed by atoms with Gasteiger partial charge in [-0.2, -0.15) is 0 Å². The Bertz CT molecular complexity index is 409. The summed E-state index contributed by atoms with van der Waals surface area (Å²) in [7, 11) is 0. The van der Waals surface area contributed by atoms with Gasteiger partial charge in [0.15, 0.2) is 0 Å². The molecule has 0 radical (unpaired) electrons. The summed E-state index contributed by atoms with van der Waals surface area (Å²) in [6.45, 7) is 6.34. The predicted molar refractivity (Wildman–Crippen MR) is 89.1 cm³/mol. The molecule has 1 saturated carbocycles. The SMILES string of the molecule is O=C(CN1CCN(C2CCCC2)CC1)NCC(=O)N1CCCC1. The van der Waals surface area contributed by atoms with Crippen LogP contribution < -0.4 is 5.32 Å². The van der Waals surface area contributed by atoms with Crippen LogP contribution in [0.2, 0.25) is 0 Å². The molecule has 1 aliphatic carbocycles. The van der Waals surface area contributed by atoms with Gasteiger partial charge in [-0.15, -0.1) is 0 Å². The molecule has 0 spiro atoms. The zero-order valence-corrected chi connectivity index (χ0v) is 14.1. The Hall–Kier alpha value is -1.14. The summed E-state index contributed by atoms with van der Waals surface area (Å²) >= 11 is 0. The van der Waals surface area contributed by atoms with Crippen LogP contribution in [0.25, 0.3) is 0 Å². The number of rotatable bonds is 5. The van der Waals surface area contributed by atoms with Gasteiger partial charge in [-0.1, -0.05) is 12.8 Å². The second-order valence-corrected chi connectivity index (χ2v) is 7.12. The van der Waals surface area contributed by atoms with Crippen LogP contribution in [-0.2, 0) is 9.59 Å². The molecule has 2 amide bonds. The molecule has 6 heteroatoms. The van der Waals surface area contributed by atoms with E-state index in [1.165, 1.54) is 25.7 Å². The van der Waals surface area contributed by atoms with E-state index in [1.807, 2.05) is 4.90 Å². The van der Waals surface area contributed by atoms with Crippen molar-refractivity contribution in [2.75, 3.05) is 52.4 Å².